The van der Waals surface area contributed by atoms with E-state index in [-0.39, 0.29) is 17.3 Å². The minimum absolute atomic E-state index is 0.243. The average molecular weight is 288 g/mol. The highest BCUT2D eigenvalue weighted by atomic mass is 31.2. The highest BCUT2D eigenvalue weighted by molar-refractivity contribution is 7.39. The first-order valence-corrected chi connectivity index (χ1v) is 7.76. The van der Waals surface area contributed by atoms with Crippen molar-refractivity contribution >= 4 is 16.9 Å². The summed E-state index contributed by atoms with van der Waals surface area (Å²) in [6, 6.07) is 0. The van der Waals surface area contributed by atoms with Crippen LogP contribution in [-0.2, 0) is 13.6 Å². The van der Waals surface area contributed by atoms with E-state index in [1.165, 1.54) is 0 Å². The summed E-state index contributed by atoms with van der Waals surface area (Å²) in [5.41, 5.74) is -0.243. The van der Waals surface area contributed by atoms with Gasteiger partial charge in [0, 0.05) is 5.92 Å². The van der Waals surface area contributed by atoms with Crippen LogP contribution in [0, 0.1) is 17.3 Å². The van der Waals surface area contributed by atoms with Gasteiger partial charge in [-0.2, -0.15) is 0 Å². The third-order valence-electron chi connectivity index (χ3n) is 3.49. The highest BCUT2D eigenvalue weighted by Gasteiger charge is 2.37. The summed E-state index contributed by atoms with van der Waals surface area (Å²) in [5, 5.41) is 0. The van der Waals surface area contributed by atoms with Crippen molar-refractivity contribution in [3.63, 3.8) is 0 Å². The molecule has 0 bridgehead atoms. The molecule has 17 heavy (non-hydrogen) atoms. The van der Waals surface area contributed by atoms with Crippen LogP contribution in [0.2, 0.25) is 0 Å². The number of rotatable bonds is 7. The molecule has 6 nitrogen and oxygen atoms in total. The van der Waals surface area contributed by atoms with Gasteiger partial charge in [0.05, 0.1) is 0 Å². The minimum Gasteiger partial charge on any atom is -0.328 e. The van der Waals surface area contributed by atoms with Crippen LogP contribution in [0.1, 0.15) is 34.6 Å². The van der Waals surface area contributed by atoms with E-state index in [1.807, 2.05) is 27.7 Å². The lowest BCUT2D eigenvalue weighted by molar-refractivity contribution is -0.0887. The lowest BCUT2D eigenvalue weighted by Crippen LogP contribution is -2.37. The van der Waals surface area contributed by atoms with Gasteiger partial charge in [-0.15, -0.1) is 0 Å². The van der Waals surface area contributed by atoms with Gasteiger partial charge in [-0.05, 0) is 11.3 Å². The molecule has 0 aromatic heterocycles. The largest absolute Gasteiger partial charge is 0.329 e. The van der Waals surface area contributed by atoms with Crippen molar-refractivity contribution in [2.75, 3.05) is 0 Å². The molecule has 0 spiro atoms. The Balaban J connectivity index is 4.84. The Morgan fingerprint density at radius 2 is 1.71 bits per heavy atom. The lowest BCUT2D eigenvalue weighted by atomic mass is 9.71. The SMILES string of the molecule is CC(C)C(C)(C)C(C)C(OP(O)O)O[PH](=O)O. The molecule has 3 atom stereocenters. The Morgan fingerprint density at radius 3 is 2.00 bits per heavy atom. The van der Waals surface area contributed by atoms with Crippen molar-refractivity contribution in [2.24, 2.45) is 17.3 Å². The zero-order valence-corrected chi connectivity index (χ0v) is 12.6. The third-order valence-corrected chi connectivity index (χ3v) is 4.32. The Bertz CT molecular complexity index is 256. The molecular formula is C9H22O6P2. The predicted octanol–water partition coefficient (Wildman–Crippen LogP) is 2.26. The molecule has 0 aliphatic heterocycles. The van der Waals surface area contributed by atoms with Crippen LogP contribution in [0.4, 0.5) is 0 Å². The fraction of sp³-hybridized carbons (Fsp3) is 1.00. The molecule has 0 amide bonds. The monoisotopic (exact) mass is 288 g/mol. The summed E-state index contributed by atoms with van der Waals surface area (Å²) in [6.45, 7) is 9.74. The molecule has 0 heterocycles. The Morgan fingerprint density at radius 1 is 1.24 bits per heavy atom. The van der Waals surface area contributed by atoms with Gasteiger partial charge in [-0.25, -0.2) is 0 Å². The summed E-state index contributed by atoms with van der Waals surface area (Å²) in [7, 11) is -5.82. The van der Waals surface area contributed by atoms with Crippen molar-refractivity contribution < 1.29 is 28.3 Å². The molecule has 0 aliphatic rings. The Labute approximate surface area is 104 Å². The van der Waals surface area contributed by atoms with Crippen molar-refractivity contribution in [2.45, 2.75) is 40.9 Å². The van der Waals surface area contributed by atoms with Gasteiger partial charge < -0.3 is 14.7 Å². The summed E-state index contributed by atoms with van der Waals surface area (Å²) in [5.74, 6) is 0.00438. The van der Waals surface area contributed by atoms with Crippen molar-refractivity contribution in [3.8, 4) is 0 Å². The molecular weight excluding hydrogens is 266 g/mol. The Hall–Kier alpha value is 0.460. The van der Waals surface area contributed by atoms with Crippen LogP contribution in [0.3, 0.4) is 0 Å². The van der Waals surface area contributed by atoms with Gasteiger partial charge in [-0.3, -0.25) is 13.6 Å². The fourth-order valence-electron chi connectivity index (χ4n) is 1.28. The molecule has 0 rings (SSSR count). The molecule has 0 aliphatic carbocycles. The topological polar surface area (TPSA) is 96.2 Å². The molecule has 0 saturated heterocycles. The molecule has 104 valence electrons. The van der Waals surface area contributed by atoms with E-state index in [4.69, 9.17) is 23.7 Å². The molecule has 0 aromatic rings. The van der Waals surface area contributed by atoms with Gasteiger partial charge in [0.2, 0.25) is 0 Å². The first kappa shape index (κ1) is 17.5. The zero-order chi connectivity index (χ0) is 13.8. The normalized spacial score (nSPS) is 18.5. The van der Waals surface area contributed by atoms with Gasteiger partial charge in [0.25, 0.3) is 0 Å². The van der Waals surface area contributed by atoms with Gasteiger partial charge >= 0.3 is 16.9 Å². The van der Waals surface area contributed by atoms with Crippen LogP contribution < -0.4 is 0 Å². The lowest BCUT2D eigenvalue weighted by Gasteiger charge is -2.39. The van der Waals surface area contributed by atoms with E-state index in [1.54, 1.807) is 6.92 Å². The van der Waals surface area contributed by atoms with E-state index in [0.29, 0.717) is 0 Å². The van der Waals surface area contributed by atoms with E-state index >= 15 is 0 Å². The van der Waals surface area contributed by atoms with E-state index in [9.17, 15) is 4.57 Å². The maximum atomic E-state index is 10.7. The van der Waals surface area contributed by atoms with Crippen molar-refractivity contribution in [1.29, 1.82) is 0 Å². The van der Waals surface area contributed by atoms with Crippen molar-refractivity contribution in [3.05, 3.63) is 0 Å². The van der Waals surface area contributed by atoms with Crippen LogP contribution in [-0.4, -0.2) is 21.0 Å². The second-order valence-electron chi connectivity index (χ2n) is 4.88. The first-order chi connectivity index (χ1) is 7.59. The molecule has 3 N–H and O–H groups in total. The smallest absolute Gasteiger partial charge is 0.328 e. The molecule has 0 fully saturated rings. The van der Waals surface area contributed by atoms with Crippen LogP contribution >= 0.6 is 16.9 Å². The summed E-state index contributed by atoms with van der Waals surface area (Å²) in [6.07, 6.45) is -1.11. The van der Waals surface area contributed by atoms with Crippen LogP contribution in [0.5, 0.6) is 0 Å². The first-order valence-electron chi connectivity index (χ1n) is 5.33. The minimum atomic E-state index is -3.19. The quantitative estimate of drug-likeness (QED) is 0.491. The molecule has 0 radical (unpaired) electrons. The maximum Gasteiger partial charge on any atom is 0.329 e. The number of hydrogen-bond acceptors (Lipinski definition) is 5. The molecule has 8 heteroatoms. The van der Waals surface area contributed by atoms with E-state index in [2.05, 4.69) is 0 Å². The van der Waals surface area contributed by atoms with Gasteiger partial charge in [0.1, 0.15) is 0 Å². The second kappa shape index (κ2) is 7.15. The van der Waals surface area contributed by atoms with E-state index in [0.717, 1.165) is 0 Å². The van der Waals surface area contributed by atoms with E-state index < -0.39 is 23.1 Å². The second-order valence-corrected chi connectivity index (χ2v) is 6.36. The predicted molar refractivity (Wildman–Crippen MR) is 66.3 cm³/mol. The zero-order valence-electron chi connectivity index (χ0n) is 10.7. The fourth-order valence-corrected chi connectivity index (χ4v) is 2.23. The standard InChI is InChI=1S/C9H22O6P2/c1-6(2)9(4,5)7(3)8(14-16(10)11)15-17(12)13/h6-8,10-11,17H,1-5H3,(H,12,13). The molecule has 0 saturated carbocycles. The van der Waals surface area contributed by atoms with Crippen LogP contribution in [0.25, 0.3) is 0 Å². The van der Waals surface area contributed by atoms with Gasteiger partial charge in [-0.1, -0.05) is 34.6 Å². The van der Waals surface area contributed by atoms with Gasteiger partial charge in [0.15, 0.2) is 6.29 Å². The summed E-state index contributed by atoms with van der Waals surface area (Å²) < 4.78 is 20.2. The third kappa shape index (κ3) is 5.75. The summed E-state index contributed by atoms with van der Waals surface area (Å²) in [4.78, 5) is 26.4. The average Bonchev–Trinajstić information content (AvgIpc) is 2.13. The van der Waals surface area contributed by atoms with Crippen LogP contribution in [0.15, 0.2) is 0 Å². The number of hydrogen-bond donors (Lipinski definition) is 3. The highest BCUT2D eigenvalue weighted by Crippen LogP contribution is 2.43. The molecule has 3 unspecified atom stereocenters. The Kier molecular flexibility index (Phi) is 7.34. The maximum absolute atomic E-state index is 10.7. The molecule has 0 aromatic carbocycles. The summed E-state index contributed by atoms with van der Waals surface area (Å²) >= 11 is 0. The van der Waals surface area contributed by atoms with Crippen molar-refractivity contribution in [1.82, 2.24) is 0 Å².